The molecule has 0 bridgehead atoms. The summed E-state index contributed by atoms with van der Waals surface area (Å²) in [5.41, 5.74) is 0.777. The molecule has 0 saturated carbocycles. The highest BCUT2D eigenvalue weighted by atomic mass is 32.1. The third kappa shape index (κ3) is 1.99. The smallest absolute Gasteiger partial charge is 0.263 e. The molecule has 0 aromatic carbocycles. The van der Waals surface area contributed by atoms with Gasteiger partial charge in [0.2, 0.25) is 0 Å². The van der Waals surface area contributed by atoms with E-state index in [2.05, 4.69) is 10.3 Å². The van der Waals surface area contributed by atoms with Crippen molar-refractivity contribution in [2.24, 2.45) is 0 Å². The highest BCUT2D eigenvalue weighted by molar-refractivity contribution is 7.16. The van der Waals surface area contributed by atoms with Crippen molar-refractivity contribution in [2.45, 2.75) is 13.8 Å². The number of nitrogens with zero attached hydrogens (tertiary/aromatic N) is 2. The Labute approximate surface area is 97.9 Å². The number of hydrogen-bond acceptors (Lipinski definition) is 3. The van der Waals surface area contributed by atoms with E-state index in [1.54, 1.807) is 0 Å². The van der Waals surface area contributed by atoms with Gasteiger partial charge in [-0.05, 0) is 26.0 Å². The van der Waals surface area contributed by atoms with Crippen molar-refractivity contribution in [3.63, 3.8) is 0 Å². The maximum absolute atomic E-state index is 11.7. The maximum Gasteiger partial charge on any atom is 0.263 e. The van der Waals surface area contributed by atoms with Crippen molar-refractivity contribution in [1.82, 2.24) is 14.9 Å². The van der Waals surface area contributed by atoms with Crippen LogP contribution in [0, 0.1) is 6.92 Å². The summed E-state index contributed by atoms with van der Waals surface area (Å²) in [4.78, 5) is 16.8. The van der Waals surface area contributed by atoms with Crippen LogP contribution in [0.15, 0.2) is 24.5 Å². The van der Waals surface area contributed by atoms with E-state index in [1.165, 1.54) is 11.3 Å². The summed E-state index contributed by atoms with van der Waals surface area (Å²) in [7, 11) is 0. The van der Waals surface area contributed by atoms with Crippen LogP contribution in [0.25, 0.3) is 5.13 Å². The first kappa shape index (κ1) is 10.9. The second kappa shape index (κ2) is 4.49. The summed E-state index contributed by atoms with van der Waals surface area (Å²) < 4.78 is 1.90. The van der Waals surface area contributed by atoms with Crippen LogP contribution >= 0.6 is 11.3 Å². The Bertz CT molecular complexity index is 487. The Balaban J connectivity index is 2.32. The predicted molar refractivity (Wildman–Crippen MR) is 64.2 cm³/mol. The lowest BCUT2D eigenvalue weighted by Gasteiger charge is -1.97. The van der Waals surface area contributed by atoms with Crippen LogP contribution in [-0.4, -0.2) is 22.0 Å². The number of rotatable bonds is 3. The zero-order chi connectivity index (χ0) is 11.5. The average molecular weight is 235 g/mol. The number of aryl methyl sites for hydroxylation is 1. The van der Waals surface area contributed by atoms with Gasteiger partial charge in [-0.15, -0.1) is 0 Å². The van der Waals surface area contributed by atoms with Gasteiger partial charge in [-0.1, -0.05) is 11.3 Å². The number of thiazole rings is 1. The Morgan fingerprint density at radius 1 is 1.50 bits per heavy atom. The summed E-state index contributed by atoms with van der Waals surface area (Å²) in [5, 5.41) is 3.61. The van der Waals surface area contributed by atoms with Crippen LogP contribution < -0.4 is 5.32 Å². The topological polar surface area (TPSA) is 46.9 Å². The lowest BCUT2D eigenvalue weighted by atomic mass is 10.4. The average Bonchev–Trinajstić information content (AvgIpc) is 2.86. The fourth-order valence-electron chi connectivity index (χ4n) is 1.41. The molecule has 0 unspecified atom stereocenters. The van der Waals surface area contributed by atoms with Gasteiger partial charge in [0.15, 0.2) is 5.13 Å². The molecule has 0 fully saturated rings. The van der Waals surface area contributed by atoms with Crippen molar-refractivity contribution in [1.29, 1.82) is 0 Å². The number of amides is 1. The predicted octanol–water partition coefficient (Wildman–Crippen LogP) is 1.99. The largest absolute Gasteiger partial charge is 0.352 e. The minimum absolute atomic E-state index is 0.0455. The fourth-order valence-corrected chi connectivity index (χ4v) is 2.36. The molecule has 0 spiro atoms. The van der Waals surface area contributed by atoms with E-state index >= 15 is 0 Å². The highest BCUT2D eigenvalue weighted by Gasteiger charge is 2.14. The third-order valence-corrected chi connectivity index (χ3v) is 3.32. The number of carbonyl (C=O) groups is 1. The molecule has 0 saturated heterocycles. The molecule has 1 N–H and O–H groups in total. The first-order valence-corrected chi connectivity index (χ1v) is 5.93. The molecule has 16 heavy (non-hydrogen) atoms. The minimum Gasteiger partial charge on any atom is -0.352 e. The number of hydrogen-bond donors (Lipinski definition) is 1. The van der Waals surface area contributed by atoms with Crippen LogP contribution in [0.5, 0.6) is 0 Å². The van der Waals surface area contributed by atoms with Crippen LogP contribution in [0.2, 0.25) is 0 Å². The van der Waals surface area contributed by atoms with Gasteiger partial charge in [0, 0.05) is 18.9 Å². The molecule has 2 heterocycles. The van der Waals surface area contributed by atoms with Gasteiger partial charge in [-0.25, -0.2) is 4.98 Å². The first-order chi connectivity index (χ1) is 7.72. The Hall–Kier alpha value is -1.62. The second-order valence-electron chi connectivity index (χ2n) is 3.36. The second-order valence-corrected chi connectivity index (χ2v) is 4.34. The Morgan fingerprint density at radius 3 is 2.81 bits per heavy atom. The van der Waals surface area contributed by atoms with Crippen LogP contribution in [0.4, 0.5) is 0 Å². The minimum atomic E-state index is -0.0455. The van der Waals surface area contributed by atoms with Gasteiger partial charge in [-0.2, -0.15) is 0 Å². The first-order valence-electron chi connectivity index (χ1n) is 5.11. The highest BCUT2D eigenvalue weighted by Crippen LogP contribution is 2.21. The lowest BCUT2D eigenvalue weighted by molar-refractivity contribution is 0.0959. The SMILES string of the molecule is CCNC(=O)c1sc(-n2cccc2)nc1C. The zero-order valence-electron chi connectivity index (χ0n) is 9.23. The molecule has 4 nitrogen and oxygen atoms in total. The molecule has 2 aromatic heterocycles. The van der Waals surface area contributed by atoms with E-state index < -0.39 is 0 Å². The fraction of sp³-hybridized carbons (Fsp3) is 0.273. The quantitative estimate of drug-likeness (QED) is 0.884. The van der Waals surface area contributed by atoms with Gasteiger partial charge in [0.1, 0.15) is 4.88 Å². The van der Waals surface area contributed by atoms with Gasteiger partial charge < -0.3 is 9.88 Å². The number of carbonyl (C=O) groups excluding carboxylic acids is 1. The molecule has 5 heteroatoms. The normalized spacial score (nSPS) is 10.4. The van der Waals surface area contributed by atoms with E-state index in [-0.39, 0.29) is 5.91 Å². The molecule has 0 aliphatic heterocycles. The summed E-state index contributed by atoms with van der Waals surface area (Å²) in [6.07, 6.45) is 3.83. The molecule has 84 valence electrons. The van der Waals surface area contributed by atoms with E-state index in [0.29, 0.717) is 11.4 Å². The molecule has 1 amide bonds. The zero-order valence-corrected chi connectivity index (χ0v) is 10.0. The molecule has 0 atom stereocenters. The lowest BCUT2D eigenvalue weighted by Crippen LogP contribution is -2.22. The molecule has 2 rings (SSSR count). The molecule has 0 radical (unpaired) electrons. The van der Waals surface area contributed by atoms with E-state index in [4.69, 9.17) is 0 Å². The molecule has 0 aliphatic rings. The van der Waals surface area contributed by atoms with Crippen molar-refractivity contribution in [3.8, 4) is 5.13 Å². The van der Waals surface area contributed by atoms with Crippen molar-refractivity contribution >= 4 is 17.2 Å². The molecular formula is C11H13N3OS. The van der Waals surface area contributed by atoms with Crippen molar-refractivity contribution in [2.75, 3.05) is 6.54 Å². The van der Waals surface area contributed by atoms with Gasteiger partial charge in [0.05, 0.1) is 5.69 Å². The van der Waals surface area contributed by atoms with Gasteiger partial charge >= 0.3 is 0 Å². The number of nitrogens with one attached hydrogen (secondary N) is 1. The monoisotopic (exact) mass is 235 g/mol. The Kier molecular flexibility index (Phi) is 3.05. The summed E-state index contributed by atoms with van der Waals surface area (Å²) >= 11 is 1.41. The summed E-state index contributed by atoms with van der Waals surface area (Å²) in [6, 6.07) is 3.87. The maximum atomic E-state index is 11.7. The van der Waals surface area contributed by atoms with Crippen molar-refractivity contribution in [3.05, 3.63) is 35.1 Å². The van der Waals surface area contributed by atoms with Gasteiger partial charge in [0.25, 0.3) is 5.91 Å². The Morgan fingerprint density at radius 2 is 2.19 bits per heavy atom. The van der Waals surface area contributed by atoms with Crippen molar-refractivity contribution < 1.29 is 4.79 Å². The van der Waals surface area contributed by atoms with Crippen LogP contribution in [-0.2, 0) is 0 Å². The van der Waals surface area contributed by atoms with Crippen LogP contribution in [0.3, 0.4) is 0 Å². The molecular weight excluding hydrogens is 222 g/mol. The standard InChI is InChI=1S/C11H13N3OS/c1-3-12-10(15)9-8(2)13-11(16-9)14-6-4-5-7-14/h4-7H,3H2,1-2H3,(H,12,15). The number of aromatic nitrogens is 2. The molecule has 2 aromatic rings. The third-order valence-electron chi connectivity index (χ3n) is 2.15. The van der Waals surface area contributed by atoms with E-state index in [0.717, 1.165) is 10.8 Å². The molecule has 0 aliphatic carbocycles. The van der Waals surface area contributed by atoms with E-state index in [9.17, 15) is 4.79 Å². The summed E-state index contributed by atoms with van der Waals surface area (Å²) in [5.74, 6) is -0.0455. The summed E-state index contributed by atoms with van der Waals surface area (Å²) in [6.45, 7) is 4.39. The van der Waals surface area contributed by atoms with Gasteiger partial charge in [-0.3, -0.25) is 4.79 Å². The van der Waals surface area contributed by atoms with Crippen LogP contribution in [0.1, 0.15) is 22.3 Å². The van der Waals surface area contributed by atoms with E-state index in [1.807, 2.05) is 42.9 Å².